The summed E-state index contributed by atoms with van der Waals surface area (Å²) < 4.78 is 5.23. The van der Waals surface area contributed by atoms with Crippen molar-refractivity contribution in [3.63, 3.8) is 0 Å². The number of nitrogens with zero attached hydrogens (tertiary/aromatic N) is 3. The maximum Gasteiger partial charge on any atom is 0.133 e. The van der Waals surface area contributed by atoms with Gasteiger partial charge in [0.05, 0.1) is 7.11 Å². The van der Waals surface area contributed by atoms with Gasteiger partial charge < -0.3 is 9.64 Å². The van der Waals surface area contributed by atoms with E-state index in [-0.39, 0.29) is 0 Å². The Morgan fingerprint density at radius 2 is 2.04 bits per heavy atom. The lowest BCUT2D eigenvalue weighted by Gasteiger charge is -2.22. The molecule has 0 spiro atoms. The smallest absolute Gasteiger partial charge is 0.133 e. The molecule has 0 unspecified atom stereocenters. The first-order chi connectivity index (χ1) is 11.3. The van der Waals surface area contributed by atoms with Crippen LogP contribution in [-0.4, -0.2) is 36.6 Å². The Kier molecular flexibility index (Phi) is 4.93. The number of rotatable bonds is 5. The molecule has 4 heteroatoms. The quantitative estimate of drug-likeness (QED) is 0.794. The lowest BCUT2D eigenvalue weighted by molar-refractivity contribution is 0.269. The number of hydrogen-bond donors (Lipinski definition) is 0. The zero-order valence-electron chi connectivity index (χ0n) is 13.6. The molecule has 4 nitrogen and oxygen atoms in total. The Balaban J connectivity index is 1.76. The predicted octanol–water partition coefficient (Wildman–Crippen LogP) is 3.10. The van der Waals surface area contributed by atoms with Gasteiger partial charge in [0.25, 0.3) is 0 Å². The first kappa shape index (κ1) is 15.6. The number of hydrogen-bond acceptors (Lipinski definition) is 4. The molecule has 120 valence electrons. The molecule has 0 fully saturated rings. The van der Waals surface area contributed by atoms with E-state index >= 15 is 0 Å². The summed E-state index contributed by atoms with van der Waals surface area (Å²) in [7, 11) is 1.70. The third kappa shape index (κ3) is 3.71. The molecule has 2 heterocycles. The number of pyridine rings is 1. The number of methoxy groups -OCH3 is 1. The van der Waals surface area contributed by atoms with Crippen molar-refractivity contribution in [3.8, 4) is 5.75 Å². The van der Waals surface area contributed by atoms with Crippen LogP contribution in [0.3, 0.4) is 0 Å². The van der Waals surface area contributed by atoms with Crippen molar-refractivity contribution in [2.45, 2.75) is 13.1 Å². The van der Waals surface area contributed by atoms with Crippen LogP contribution in [0.1, 0.15) is 11.1 Å². The van der Waals surface area contributed by atoms with Gasteiger partial charge in [-0.2, -0.15) is 0 Å². The van der Waals surface area contributed by atoms with Gasteiger partial charge in [-0.3, -0.25) is 4.90 Å². The fourth-order valence-corrected chi connectivity index (χ4v) is 2.98. The standard InChI is InChI=1S/C19H23N3O/c1-3-11-22-13-12-21(15-17-5-4-10-20-19(17)22)14-16-6-8-18(23-2)9-7-16/h3-10H,1,11-15H2,2H3. The molecule has 0 amide bonds. The molecule has 0 aliphatic carbocycles. The van der Waals surface area contributed by atoms with Crippen LogP contribution in [-0.2, 0) is 13.1 Å². The molecule has 0 saturated heterocycles. The summed E-state index contributed by atoms with van der Waals surface area (Å²) in [6.07, 6.45) is 3.81. The Labute approximate surface area is 138 Å². The maximum atomic E-state index is 5.23. The molecule has 2 aromatic rings. The van der Waals surface area contributed by atoms with E-state index in [1.807, 2.05) is 30.5 Å². The van der Waals surface area contributed by atoms with Crippen LogP contribution in [0.5, 0.6) is 5.75 Å². The van der Waals surface area contributed by atoms with E-state index < -0.39 is 0 Å². The highest BCUT2D eigenvalue weighted by atomic mass is 16.5. The Hall–Kier alpha value is -2.33. The molecule has 23 heavy (non-hydrogen) atoms. The van der Waals surface area contributed by atoms with Gasteiger partial charge in [0.15, 0.2) is 0 Å². The molecule has 0 bridgehead atoms. The van der Waals surface area contributed by atoms with Crippen LogP contribution < -0.4 is 9.64 Å². The van der Waals surface area contributed by atoms with E-state index in [4.69, 9.17) is 4.74 Å². The summed E-state index contributed by atoms with van der Waals surface area (Å²) >= 11 is 0. The summed E-state index contributed by atoms with van der Waals surface area (Å²) in [6, 6.07) is 12.5. The highest BCUT2D eigenvalue weighted by Crippen LogP contribution is 2.23. The Morgan fingerprint density at radius 3 is 2.78 bits per heavy atom. The van der Waals surface area contributed by atoms with Crippen molar-refractivity contribution in [2.75, 3.05) is 31.6 Å². The van der Waals surface area contributed by atoms with Crippen LogP contribution in [0.15, 0.2) is 55.3 Å². The highest BCUT2D eigenvalue weighted by molar-refractivity contribution is 5.48. The minimum absolute atomic E-state index is 0.834. The van der Waals surface area contributed by atoms with Gasteiger partial charge in [-0.15, -0.1) is 6.58 Å². The fourth-order valence-electron chi connectivity index (χ4n) is 2.98. The van der Waals surface area contributed by atoms with E-state index in [9.17, 15) is 0 Å². The lowest BCUT2D eigenvalue weighted by atomic mass is 10.2. The topological polar surface area (TPSA) is 28.6 Å². The summed E-state index contributed by atoms with van der Waals surface area (Å²) in [4.78, 5) is 9.34. The zero-order valence-corrected chi connectivity index (χ0v) is 13.6. The monoisotopic (exact) mass is 309 g/mol. The number of ether oxygens (including phenoxy) is 1. The zero-order chi connectivity index (χ0) is 16.1. The molecule has 3 rings (SSSR count). The predicted molar refractivity (Wildman–Crippen MR) is 93.8 cm³/mol. The van der Waals surface area contributed by atoms with Crippen molar-refractivity contribution in [3.05, 3.63) is 66.4 Å². The molecular weight excluding hydrogens is 286 g/mol. The molecule has 1 aliphatic heterocycles. The molecule has 0 radical (unpaired) electrons. The normalized spacial score (nSPS) is 14.9. The molecule has 1 aromatic heterocycles. The van der Waals surface area contributed by atoms with E-state index in [1.54, 1.807) is 7.11 Å². The number of fused-ring (bicyclic) bond motifs is 1. The Morgan fingerprint density at radius 1 is 1.22 bits per heavy atom. The van der Waals surface area contributed by atoms with Crippen LogP contribution in [0.2, 0.25) is 0 Å². The van der Waals surface area contributed by atoms with Crippen molar-refractivity contribution in [2.24, 2.45) is 0 Å². The summed E-state index contributed by atoms with van der Waals surface area (Å²) in [5, 5.41) is 0. The number of benzene rings is 1. The second kappa shape index (κ2) is 7.29. The molecule has 0 saturated carbocycles. The second-order valence-corrected chi connectivity index (χ2v) is 5.78. The van der Waals surface area contributed by atoms with Gasteiger partial charge in [0.2, 0.25) is 0 Å². The molecule has 0 atom stereocenters. The van der Waals surface area contributed by atoms with E-state index in [2.05, 4.69) is 39.6 Å². The average molecular weight is 309 g/mol. The Bertz CT molecular complexity index is 654. The minimum atomic E-state index is 0.834. The summed E-state index contributed by atoms with van der Waals surface area (Å²) in [6.45, 7) is 8.53. The van der Waals surface area contributed by atoms with Crippen molar-refractivity contribution < 1.29 is 4.74 Å². The first-order valence-electron chi connectivity index (χ1n) is 7.95. The SMILES string of the molecule is C=CCN1CCN(Cc2ccc(OC)cc2)Cc2cccnc21. The van der Waals surface area contributed by atoms with E-state index in [0.717, 1.165) is 44.3 Å². The molecular formula is C19H23N3O. The molecule has 1 aromatic carbocycles. The van der Waals surface area contributed by atoms with E-state index in [0.29, 0.717) is 0 Å². The fraction of sp³-hybridized carbons (Fsp3) is 0.316. The van der Waals surface area contributed by atoms with Crippen LogP contribution in [0.25, 0.3) is 0 Å². The number of anilines is 1. The number of aromatic nitrogens is 1. The van der Waals surface area contributed by atoms with E-state index in [1.165, 1.54) is 11.1 Å². The van der Waals surface area contributed by atoms with Gasteiger partial charge in [-0.1, -0.05) is 24.3 Å². The summed E-state index contributed by atoms with van der Waals surface area (Å²) in [5.41, 5.74) is 2.58. The van der Waals surface area contributed by atoms with Crippen LogP contribution in [0, 0.1) is 0 Å². The maximum absolute atomic E-state index is 5.23. The van der Waals surface area contributed by atoms with Gasteiger partial charge in [-0.05, 0) is 23.8 Å². The van der Waals surface area contributed by atoms with Crippen molar-refractivity contribution in [1.29, 1.82) is 0 Å². The van der Waals surface area contributed by atoms with Crippen LogP contribution in [0.4, 0.5) is 5.82 Å². The summed E-state index contributed by atoms with van der Waals surface area (Å²) in [5.74, 6) is 1.99. The average Bonchev–Trinajstić information content (AvgIpc) is 2.76. The van der Waals surface area contributed by atoms with Gasteiger partial charge in [0.1, 0.15) is 11.6 Å². The lowest BCUT2D eigenvalue weighted by Crippen LogP contribution is -2.31. The molecule has 1 aliphatic rings. The third-order valence-corrected chi connectivity index (χ3v) is 4.16. The van der Waals surface area contributed by atoms with Crippen molar-refractivity contribution >= 4 is 5.82 Å². The molecule has 0 N–H and O–H groups in total. The van der Waals surface area contributed by atoms with Gasteiger partial charge in [-0.25, -0.2) is 4.98 Å². The second-order valence-electron chi connectivity index (χ2n) is 5.78. The van der Waals surface area contributed by atoms with Gasteiger partial charge in [0, 0.05) is 44.5 Å². The van der Waals surface area contributed by atoms with Crippen molar-refractivity contribution in [1.82, 2.24) is 9.88 Å². The van der Waals surface area contributed by atoms with Crippen LogP contribution >= 0.6 is 0 Å². The minimum Gasteiger partial charge on any atom is -0.497 e. The van der Waals surface area contributed by atoms with Gasteiger partial charge >= 0.3 is 0 Å². The third-order valence-electron chi connectivity index (χ3n) is 4.16. The highest BCUT2D eigenvalue weighted by Gasteiger charge is 2.19. The largest absolute Gasteiger partial charge is 0.497 e. The first-order valence-corrected chi connectivity index (χ1v) is 7.95.